The van der Waals surface area contributed by atoms with E-state index in [0.29, 0.717) is 22.6 Å². The van der Waals surface area contributed by atoms with E-state index in [1.165, 1.54) is 22.8 Å². The Morgan fingerprint density at radius 1 is 1.13 bits per heavy atom. The van der Waals surface area contributed by atoms with Gasteiger partial charge in [0, 0.05) is 6.54 Å². The van der Waals surface area contributed by atoms with E-state index in [0.717, 1.165) is 17.8 Å². The summed E-state index contributed by atoms with van der Waals surface area (Å²) >= 11 is 1.02. The molecule has 0 radical (unpaired) electrons. The average Bonchev–Trinajstić information content (AvgIpc) is 2.68. The number of carbonyl (C=O) groups excluding carboxylic acids is 1. The Kier molecular flexibility index (Phi) is 6.50. The van der Waals surface area contributed by atoms with E-state index in [1.807, 2.05) is 13.8 Å². The van der Waals surface area contributed by atoms with Crippen molar-refractivity contribution < 1.29 is 18.0 Å². The summed E-state index contributed by atoms with van der Waals surface area (Å²) in [6.45, 7) is 4.32. The van der Waals surface area contributed by atoms with Gasteiger partial charge in [0.2, 0.25) is 5.91 Å². The molecule has 158 valence electrons. The Hall–Kier alpha value is -2.81. The lowest BCUT2D eigenvalue weighted by Gasteiger charge is -2.15. The lowest BCUT2D eigenvalue weighted by Crippen LogP contribution is -2.26. The molecule has 1 heterocycles. The van der Waals surface area contributed by atoms with Crippen LogP contribution < -0.4 is 10.9 Å². The van der Waals surface area contributed by atoms with Gasteiger partial charge in [-0.3, -0.25) is 14.2 Å². The lowest BCUT2D eigenvalue weighted by molar-refractivity contribution is -0.137. The smallest absolute Gasteiger partial charge is 0.325 e. The van der Waals surface area contributed by atoms with Gasteiger partial charge in [-0.25, -0.2) is 4.98 Å². The summed E-state index contributed by atoms with van der Waals surface area (Å²) in [4.78, 5) is 29.7. The van der Waals surface area contributed by atoms with Gasteiger partial charge in [-0.2, -0.15) is 13.2 Å². The summed E-state index contributed by atoms with van der Waals surface area (Å²) in [7, 11) is 0. The second-order valence-corrected chi connectivity index (χ2v) is 8.04. The molecule has 0 saturated heterocycles. The molecule has 0 aliphatic heterocycles. The second kappa shape index (κ2) is 8.91. The SMILES string of the molecule is CC(C)Cn1c(SCC(=O)Nc2ccccc2C(F)(F)F)nc2ccccc2c1=O. The zero-order valence-electron chi connectivity index (χ0n) is 16.4. The van der Waals surface area contributed by atoms with Gasteiger partial charge < -0.3 is 5.32 Å². The summed E-state index contributed by atoms with van der Waals surface area (Å²) in [5.74, 6) is -0.637. The van der Waals surface area contributed by atoms with Crippen LogP contribution in [0, 0.1) is 5.92 Å². The number of nitrogens with one attached hydrogen (secondary N) is 1. The molecule has 0 fully saturated rings. The van der Waals surface area contributed by atoms with Crippen LogP contribution in [0.5, 0.6) is 0 Å². The normalized spacial score (nSPS) is 11.8. The van der Waals surface area contributed by atoms with Gasteiger partial charge in [0.15, 0.2) is 5.16 Å². The van der Waals surface area contributed by atoms with Crippen molar-refractivity contribution in [2.45, 2.75) is 31.7 Å². The van der Waals surface area contributed by atoms with Crippen LogP contribution in [0.3, 0.4) is 0 Å². The third-order valence-corrected chi connectivity index (χ3v) is 5.19. The number of fused-ring (bicyclic) bond motifs is 1. The van der Waals surface area contributed by atoms with E-state index in [1.54, 1.807) is 24.3 Å². The molecule has 0 atom stereocenters. The summed E-state index contributed by atoms with van der Waals surface area (Å²) in [6, 6.07) is 11.7. The summed E-state index contributed by atoms with van der Waals surface area (Å²) in [5, 5.41) is 3.14. The van der Waals surface area contributed by atoms with E-state index < -0.39 is 17.6 Å². The fourth-order valence-corrected chi connectivity index (χ4v) is 3.75. The number of halogens is 3. The Morgan fingerprint density at radius 3 is 2.50 bits per heavy atom. The molecule has 0 saturated carbocycles. The highest BCUT2D eigenvalue weighted by atomic mass is 32.2. The van der Waals surface area contributed by atoms with Gasteiger partial charge in [0.25, 0.3) is 5.56 Å². The third kappa shape index (κ3) is 5.02. The molecule has 2 aromatic carbocycles. The highest BCUT2D eigenvalue weighted by molar-refractivity contribution is 7.99. The number of hydrogen-bond acceptors (Lipinski definition) is 4. The molecule has 3 aromatic rings. The second-order valence-electron chi connectivity index (χ2n) is 7.10. The first-order valence-corrected chi connectivity index (χ1v) is 10.2. The molecule has 1 amide bonds. The standard InChI is InChI=1S/C21H20F3N3O2S/c1-13(2)11-27-19(29)14-7-3-5-9-16(14)26-20(27)30-12-18(28)25-17-10-6-4-8-15(17)21(22,23)24/h3-10,13H,11-12H2,1-2H3,(H,25,28). The molecule has 0 bridgehead atoms. The van der Waals surface area contributed by atoms with Crippen LogP contribution in [0.15, 0.2) is 58.5 Å². The van der Waals surface area contributed by atoms with E-state index in [-0.39, 0.29) is 22.9 Å². The third-order valence-electron chi connectivity index (χ3n) is 4.21. The van der Waals surface area contributed by atoms with Crippen molar-refractivity contribution in [3.05, 3.63) is 64.4 Å². The number of thioether (sulfide) groups is 1. The summed E-state index contributed by atoms with van der Waals surface area (Å²) in [6.07, 6.45) is -4.57. The molecule has 3 rings (SSSR count). The maximum absolute atomic E-state index is 13.1. The molecule has 30 heavy (non-hydrogen) atoms. The Labute approximate surface area is 175 Å². The minimum atomic E-state index is -4.57. The topological polar surface area (TPSA) is 64.0 Å². The van der Waals surface area contributed by atoms with E-state index >= 15 is 0 Å². The molecule has 0 spiro atoms. The molecule has 0 aliphatic carbocycles. The molecule has 0 aliphatic rings. The summed E-state index contributed by atoms with van der Waals surface area (Å²) in [5.41, 5.74) is -0.919. The Balaban J connectivity index is 1.84. The number of carbonyl (C=O) groups is 1. The summed E-state index contributed by atoms with van der Waals surface area (Å²) < 4.78 is 40.8. The van der Waals surface area contributed by atoms with Crippen LogP contribution in [0.1, 0.15) is 19.4 Å². The molecular formula is C21H20F3N3O2S. The van der Waals surface area contributed by atoms with Gasteiger partial charge >= 0.3 is 6.18 Å². The highest BCUT2D eigenvalue weighted by Gasteiger charge is 2.33. The minimum absolute atomic E-state index is 0.164. The van der Waals surface area contributed by atoms with Crippen LogP contribution in [0.4, 0.5) is 18.9 Å². The van der Waals surface area contributed by atoms with Gasteiger partial charge in [-0.1, -0.05) is 49.9 Å². The molecule has 0 unspecified atom stereocenters. The number of aromatic nitrogens is 2. The van der Waals surface area contributed by atoms with E-state index in [2.05, 4.69) is 10.3 Å². The molecular weight excluding hydrogens is 415 g/mol. The van der Waals surface area contributed by atoms with Crippen LogP contribution in [0.2, 0.25) is 0 Å². The van der Waals surface area contributed by atoms with Crippen LogP contribution in [-0.2, 0) is 17.5 Å². The van der Waals surface area contributed by atoms with Crippen LogP contribution in [0.25, 0.3) is 10.9 Å². The number of nitrogens with zero attached hydrogens (tertiary/aromatic N) is 2. The maximum atomic E-state index is 13.1. The zero-order valence-corrected chi connectivity index (χ0v) is 17.2. The van der Waals surface area contributed by atoms with Crippen molar-refractivity contribution in [2.24, 2.45) is 5.92 Å². The van der Waals surface area contributed by atoms with Gasteiger partial charge in [-0.15, -0.1) is 0 Å². The molecule has 1 N–H and O–H groups in total. The highest BCUT2D eigenvalue weighted by Crippen LogP contribution is 2.34. The fourth-order valence-electron chi connectivity index (χ4n) is 2.94. The number of anilines is 1. The fraction of sp³-hybridized carbons (Fsp3) is 0.286. The first-order chi connectivity index (χ1) is 14.2. The predicted octanol–water partition coefficient (Wildman–Crippen LogP) is 4.80. The van der Waals surface area contributed by atoms with Gasteiger partial charge in [0.05, 0.1) is 27.9 Å². The van der Waals surface area contributed by atoms with Crippen molar-refractivity contribution in [3.63, 3.8) is 0 Å². The zero-order chi connectivity index (χ0) is 21.9. The lowest BCUT2D eigenvalue weighted by atomic mass is 10.1. The molecule has 9 heteroatoms. The average molecular weight is 435 g/mol. The monoisotopic (exact) mass is 435 g/mol. The number of benzene rings is 2. The minimum Gasteiger partial charge on any atom is -0.325 e. The van der Waals surface area contributed by atoms with Crippen molar-refractivity contribution in [1.29, 1.82) is 0 Å². The number of alkyl halides is 3. The number of amides is 1. The largest absolute Gasteiger partial charge is 0.418 e. The molecule has 5 nitrogen and oxygen atoms in total. The van der Waals surface area contributed by atoms with Crippen molar-refractivity contribution in [2.75, 3.05) is 11.1 Å². The van der Waals surface area contributed by atoms with Crippen molar-refractivity contribution >= 4 is 34.3 Å². The number of rotatable bonds is 6. The Morgan fingerprint density at radius 2 is 1.80 bits per heavy atom. The van der Waals surface area contributed by atoms with Crippen molar-refractivity contribution in [3.8, 4) is 0 Å². The van der Waals surface area contributed by atoms with Crippen molar-refractivity contribution in [1.82, 2.24) is 9.55 Å². The van der Waals surface area contributed by atoms with E-state index in [4.69, 9.17) is 0 Å². The maximum Gasteiger partial charge on any atom is 0.418 e. The first-order valence-electron chi connectivity index (χ1n) is 9.25. The predicted molar refractivity (Wildman–Crippen MR) is 112 cm³/mol. The Bertz CT molecular complexity index is 1130. The van der Waals surface area contributed by atoms with Gasteiger partial charge in [0.1, 0.15) is 0 Å². The van der Waals surface area contributed by atoms with Gasteiger partial charge in [-0.05, 0) is 30.2 Å². The molecule has 1 aromatic heterocycles. The van der Waals surface area contributed by atoms with Crippen LogP contribution in [-0.4, -0.2) is 21.2 Å². The first kappa shape index (κ1) is 21.9. The number of hydrogen-bond donors (Lipinski definition) is 1. The van der Waals surface area contributed by atoms with Crippen LogP contribution >= 0.6 is 11.8 Å². The van der Waals surface area contributed by atoms with E-state index in [9.17, 15) is 22.8 Å². The number of para-hydroxylation sites is 2. The quantitative estimate of drug-likeness (QED) is 0.446.